The van der Waals surface area contributed by atoms with Crippen molar-refractivity contribution in [2.24, 2.45) is 0 Å². The Balaban J connectivity index is 2.25. The van der Waals surface area contributed by atoms with Crippen molar-refractivity contribution in [2.45, 2.75) is 45.3 Å². The van der Waals surface area contributed by atoms with Crippen LogP contribution in [0.25, 0.3) is 0 Å². The highest BCUT2D eigenvalue weighted by Gasteiger charge is 2.12. The molecular weight excluding hydrogens is 264 g/mol. The number of rotatable bonds is 8. The van der Waals surface area contributed by atoms with E-state index in [1.807, 2.05) is 0 Å². The van der Waals surface area contributed by atoms with Gasteiger partial charge in [0.1, 0.15) is 0 Å². The van der Waals surface area contributed by atoms with Crippen LogP contribution in [-0.4, -0.2) is 48.0 Å². The lowest BCUT2D eigenvalue weighted by Crippen LogP contribution is -2.22. The SMILES string of the molecule is COC(=O)CCc1nnn(COCC[Si](C)(C)C)n1. The summed E-state index contributed by atoms with van der Waals surface area (Å²) in [6, 6.07) is 1.11. The maximum atomic E-state index is 11.0. The predicted octanol–water partition coefficient (Wildman–Crippen LogP) is 1.09. The summed E-state index contributed by atoms with van der Waals surface area (Å²) < 4.78 is 10.0. The van der Waals surface area contributed by atoms with Crippen LogP contribution < -0.4 is 0 Å². The number of hydrogen-bond donors (Lipinski definition) is 0. The van der Waals surface area contributed by atoms with E-state index in [9.17, 15) is 4.79 Å². The van der Waals surface area contributed by atoms with Crippen LogP contribution in [0.15, 0.2) is 0 Å². The van der Waals surface area contributed by atoms with E-state index >= 15 is 0 Å². The van der Waals surface area contributed by atoms with Gasteiger partial charge < -0.3 is 9.47 Å². The molecule has 0 amide bonds. The number of aryl methyl sites for hydroxylation is 1. The van der Waals surface area contributed by atoms with Crippen molar-refractivity contribution in [2.75, 3.05) is 13.7 Å². The number of carbonyl (C=O) groups excluding carboxylic acids is 1. The second kappa shape index (κ2) is 7.34. The van der Waals surface area contributed by atoms with Gasteiger partial charge in [-0.05, 0) is 11.3 Å². The standard InChI is InChI=1S/C11H22N4O3Si/c1-17-11(16)6-5-10-12-14-15(13-10)9-18-7-8-19(2,3)4/h5-9H2,1-4H3. The lowest BCUT2D eigenvalue weighted by Gasteiger charge is -2.14. The Morgan fingerprint density at radius 2 is 2.11 bits per heavy atom. The van der Waals surface area contributed by atoms with Gasteiger partial charge >= 0.3 is 5.97 Å². The van der Waals surface area contributed by atoms with Crippen LogP contribution in [0.1, 0.15) is 12.2 Å². The molecule has 0 aliphatic rings. The van der Waals surface area contributed by atoms with Gasteiger partial charge in [-0.3, -0.25) is 4.79 Å². The maximum absolute atomic E-state index is 11.0. The Hall–Kier alpha value is -1.28. The maximum Gasteiger partial charge on any atom is 0.305 e. The Morgan fingerprint density at radius 1 is 1.37 bits per heavy atom. The first kappa shape index (κ1) is 15.8. The van der Waals surface area contributed by atoms with Crippen molar-refractivity contribution in [3.05, 3.63) is 5.82 Å². The molecule has 0 aliphatic heterocycles. The molecule has 108 valence electrons. The molecule has 1 rings (SSSR count). The summed E-state index contributed by atoms with van der Waals surface area (Å²) in [4.78, 5) is 12.4. The fourth-order valence-electron chi connectivity index (χ4n) is 1.27. The lowest BCUT2D eigenvalue weighted by atomic mass is 10.3. The first-order valence-corrected chi connectivity index (χ1v) is 10.0. The summed E-state index contributed by atoms with van der Waals surface area (Å²) in [6.07, 6.45) is 0.695. The van der Waals surface area contributed by atoms with Crippen LogP contribution in [0.2, 0.25) is 25.7 Å². The van der Waals surface area contributed by atoms with Crippen molar-refractivity contribution in [1.29, 1.82) is 0 Å². The number of methoxy groups -OCH3 is 1. The van der Waals surface area contributed by atoms with Gasteiger partial charge in [0.05, 0.1) is 13.5 Å². The topological polar surface area (TPSA) is 79.1 Å². The number of nitrogens with zero attached hydrogens (tertiary/aromatic N) is 4. The molecule has 0 radical (unpaired) electrons. The minimum Gasteiger partial charge on any atom is -0.469 e. The zero-order valence-corrected chi connectivity index (χ0v) is 13.0. The van der Waals surface area contributed by atoms with Crippen LogP contribution in [0, 0.1) is 0 Å². The van der Waals surface area contributed by atoms with Crippen molar-refractivity contribution in [3.63, 3.8) is 0 Å². The van der Waals surface area contributed by atoms with E-state index < -0.39 is 8.07 Å². The van der Waals surface area contributed by atoms with Gasteiger partial charge in [0.25, 0.3) is 0 Å². The number of esters is 1. The molecule has 0 saturated heterocycles. The number of ether oxygens (including phenoxy) is 2. The van der Waals surface area contributed by atoms with Crippen LogP contribution in [0.5, 0.6) is 0 Å². The molecule has 0 saturated carbocycles. The number of aromatic nitrogens is 4. The molecule has 0 aromatic carbocycles. The summed E-state index contributed by atoms with van der Waals surface area (Å²) in [6.45, 7) is 7.92. The summed E-state index contributed by atoms with van der Waals surface area (Å²) in [5, 5.41) is 11.8. The lowest BCUT2D eigenvalue weighted by molar-refractivity contribution is -0.140. The van der Waals surface area contributed by atoms with Crippen molar-refractivity contribution >= 4 is 14.0 Å². The molecule has 0 aliphatic carbocycles. The van der Waals surface area contributed by atoms with E-state index in [-0.39, 0.29) is 12.4 Å². The van der Waals surface area contributed by atoms with E-state index in [4.69, 9.17) is 4.74 Å². The minimum absolute atomic E-state index is 0.263. The highest BCUT2D eigenvalue weighted by atomic mass is 28.3. The van der Waals surface area contributed by atoms with E-state index in [2.05, 4.69) is 39.8 Å². The third kappa shape index (κ3) is 7.02. The second-order valence-corrected chi connectivity index (χ2v) is 11.1. The molecule has 19 heavy (non-hydrogen) atoms. The summed E-state index contributed by atoms with van der Waals surface area (Å²) in [7, 11) is 0.298. The van der Waals surface area contributed by atoms with Crippen molar-refractivity contribution in [3.8, 4) is 0 Å². The summed E-state index contributed by atoms with van der Waals surface area (Å²) in [5.74, 6) is 0.252. The Morgan fingerprint density at radius 3 is 2.74 bits per heavy atom. The van der Waals surface area contributed by atoms with Gasteiger partial charge in [0.15, 0.2) is 12.6 Å². The molecule has 1 aromatic rings. The predicted molar refractivity (Wildman–Crippen MR) is 72.3 cm³/mol. The average Bonchev–Trinajstić information content (AvgIpc) is 2.78. The largest absolute Gasteiger partial charge is 0.469 e. The zero-order chi connectivity index (χ0) is 14.3. The van der Waals surface area contributed by atoms with Gasteiger partial charge in [-0.25, -0.2) is 0 Å². The van der Waals surface area contributed by atoms with E-state index in [1.165, 1.54) is 11.9 Å². The van der Waals surface area contributed by atoms with Gasteiger partial charge in [-0.1, -0.05) is 19.6 Å². The highest BCUT2D eigenvalue weighted by Crippen LogP contribution is 2.07. The van der Waals surface area contributed by atoms with Gasteiger partial charge in [0, 0.05) is 21.1 Å². The molecule has 7 nitrogen and oxygen atoms in total. The molecule has 8 heteroatoms. The average molecular weight is 286 g/mol. The minimum atomic E-state index is -1.06. The van der Waals surface area contributed by atoms with E-state index in [1.54, 1.807) is 0 Å². The molecule has 1 aromatic heterocycles. The number of tetrazole rings is 1. The molecular formula is C11H22N4O3Si. The fraction of sp³-hybridized carbons (Fsp3) is 0.818. The smallest absolute Gasteiger partial charge is 0.305 e. The molecule has 0 bridgehead atoms. The van der Waals surface area contributed by atoms with Crippen molar-refractivity contribution < 1.29 is 14.3 Å². The molecule has 0 unspecified atom stereocenters. The molecule has 0 N–H and O–H groups in total. The molecule has 0 atom stereocenters. The van der Waals surface area contributed by atoms with Crippen LogP contribution in [-0.2, 0) is 27.4 Å². The summed E-state index contributed by atoms with van der Waals surface area (Å²) in [5.41, 5.74) is 0. The Kier molecular flexibility index (Phi) is 6.09. The molecule has 1 heterocycles. The normalized spacial score (nSPS) is 11.6. The third-order valence-electron chi connectivity index (χ3n) is 2.48. The van der Waals surface area contributed by atoms with Crippen LogP contribution in [0.4, 0.5) is 0 Å². The van der Waals surface area contributed by atoms with Gasteiger partial charge in [-0.2, -0.15) is 0 Å². The van der Waals surface area contributed by atoms with Gasteiger partial charge in [0.2, 0.25) is 0 Å². The number of carbonyl (C=O) groups is 1. The highest BCUT2D eigenvalue weighted by molar-refractivity contribution is 6.76. The van der Waals surface area contributed by atoms with Crippen LogP contribution in [0.3, 0.4) is 0 Å². The first-order chi connectivity index (χ1) is 8.90. The third-order valence-corrected chi connectivity index (χ3v) is 4.18. The summed E-state index contributed by atoms with van der Waals surface area (Å²) >= 11 is 0. The van der Waals surface area contributed by atoms with E-state index in [0.29, 0.717) is 19.0 Å². The van der Waals surface area contributed by atoms with Crippen molar-refractivity contribution in [1.82, 2.24) is 20.2 Å². The Labute approximate surface area is 114 Å². The quantitative estimate of drug-likeness (QED) is 0.404. The fourth-order valence-corrected chi connectivity index (χ4v) is 2.03. The first-order valence-electron chi connectivity index (χ1n) is 6.32. The monoisotopic (exact) mass is 286 g/mol. The Bertz CT molecular complexity index is 403. The molecule has 0 fully saturated rings. The second-order valence-electron chi connectivity index (χ2n) is 5.50. The number of hydrogen-bond acceptors (Lipinski definition) is 6. The van der Waals surface area contributed by atoms with Gasteiger partial charge in [-0.15, -0.1) is 15.0 Å². The molecule has 0 spiro atoms. The zero-order valence-electron chi connectivity index (χ0n) is 12.0. The van der Waals surface area contributed by atoms with E-state index in [0.717, 1.165) is 12.7 Å². The van der Waals surface area contributed by atoms with Crippen LogP contribution >= 0.6 is 0 Å².